The Kier molecular flexibility index (Phi) is 3.33. The van der Waals surface area contributed by atoms with Crippen molar-refractivity contribution in [1.29, 1.82) is 0 Å². The van der Waals surface area contributed by atoms with E-state index in [0.29, 0.717) is 17.2 Å². The van der Waals surface area contributed by atoms with Crippen molar-refractivity contribution in [3.63, 3.8) is 0 Å². The Morgan fingerprint density at radius 2 is 1.54 bits per heavy atom. The Bertz CT molecular complexity index is 974. The number of hydrogen-bond acceptors (Lipinski definition) is 4. The molecule has 4 rings (SSSR count). The molecule has 0 aromatic heterocycles. The number of anilines is 1. The lowest BCUT2D eigenvalue weighted by Gasteiger charge is -2.17. The first-order chi connectivity index (χ1) is 12.2. The minimum Gasteiger partial charge on any atom is -0.367 e. The van der Waals surface area contributed by atoms with Gasteiger partial charge >= 0.3 is 0 Å². The Morgan fingerprint density at radius 3 is 2.12 bits per heavy atom. The second kappa shape index (κ2) is 5.25. The molecular weight excluding hydrogens is 332 g/mol. The highest BCUT2D eigenvalue weighted by molar-refractivity contribution is 6.35. The summed E-state index contributed by atoms with van der Waals surface area (Å²) in [5, 5.41) is 12.8. The summed E-state index contributed by atoms with van der Waals surface area (Å²) in [6.45, 7) is 5.57. The van der Waals surface area contributed by atoms with Crippen LogP contribution in [0.2, 0.25) is 0 Å². The molecule has 2 N–H and O–H groups in total. The van der Waals surface area contributed by atoms with Gasteiger partial charge in [0.2, 0.25) is 0 Å². The first kappa shape index (κ1) is 16.5. The van der Waals surface area contributed by atoms with Gasteiger partial charge in [-0.3, -0.25) is 14.4 Å². The molecule has 0 saturated carbocycles. The molecule has 26 heavy (non-hydrogen) atoms. The number of rotatable bonds is 2. The summed E-state index contributed by atoms with van der Waals surface area (Å²) in [6, 6.07) is 10.1. The van der Waals surface area contributed by atoms with Crippen LogP contribution in [-0.4, -0.2) is 22.8 Å². The zero-order valence-electron chi connectivity index (χ0n) is 14.7. The lowest BCUT2D eigenvalue weighted by atomic mass is 9.97. The molecule has 1 atom stereocenters. The highest BCUT2D eigenvalue weighted by atomic mass is 16.3. The number of nitrogens with zero attached hydrogens (tertiary/aromatic N) is 1. The summed E-state index contributed by atoms with van der Waals surface area (Å²) in [7, 11) is 0. The molecule has 3 amide bonds. The highest BCUT2D eigenvalue weighted by Gasteiger charge is 2.43. The maximum Gasteiger partial charge on any atom is 0.266 e. The number of nitrogens with one attached hydrogen (secondary N) is 1. The van der Waals surface area contributed by atoms with Crippen molar-refractivity contribution in [2.45, 2.75) is 32.4 Å². The van der Waals surface area contributed by atoms with Gasteiger partial charge in [0, 0.05) is 11.1 Å². The molecule has 0 spiro atoms. The summed E-state index contributed by atoms with van der Waals surface area (Å²) in [5.41, 5.74) is 0.922. The van der Waals surface area contributed by atoms with Gasteiger partial charge in [-0.05, 0) is 42.7 Å². The molecule has 2 aliphatic heterocycles. The van der Waals surface area contributed by atoms with Crippen LogP contribution in [0, 0.1) is 0 Å². The van der Waals surface area contributed by atoms with Crippen LogP contribution in [0.3, 0.4) is 0 Å². The van der Waals surface area contributed by atoms with Crippen LogP contribution in [0.4, 0.5) is 5.69 Å². The first-order valence-electron chi connectivity index (χ1n) is 8.43. The second-order valence-corrected chi connectivity index (χ2v) is 7.16. The van der Waals surface area contributed by atoms with Crippen molar-refractivity contribution >= 4 is 23.4 Å². The summed E-state index contributed by atoms with van der Waals surface area (Å²) in [6.07, 6.45) is 0. The largest absolute Gasteiger partial charge is 0.367 e. The van der Waals surface area contributed by atoms with Gasteiger partial charge in [-0.1, -0.05) is 26.0 Å². The monoisotopic (exact) mass is 350 g/mol. The number of aliphatic hydroxyl groups is 1. The van der Waals surface area contributed by atoms with E-state index in [4.69, 9.17) is 0 Å². The maximum absolute atomic E-state index is 12.8. The number of carbonyl (C=O) groups is 3. The highest BCUT2D eigenvalue weighted by Crippen LogP contribution is 2.36. The van der Waals surface area contributed by atoms with Crippen molar-refractivity contribution in [3.05, 3.63) is 64.2 Å². The van der Waals surface area contributed by atoms with Crippen molar-refractivity contribution < 1.29 is 19.5 Å². The van der Waals surface area contributed by atoms with Crippen LogP contribution >= 0.6 is 0 Å². The van der Waals surface area contributed by atoms with E-state index in [0.717, 1.165) is 10.5 Å². The quantitative estimate of drug-likeness (QED) is 0.815. The fourth-order valence-electron chi connectivity index (χ4n) is 3.48. The molecule has 132 valence electrons. The van der Waals surface area contributed by atoms with E-state index in [1.165, 1.54) is 19.1 Å². The molecular formula is C20H18N2O4. The van der Waals surface area contributed by atoms with Crippen LogP contribution < -0.4 is 10.2 Å². The number of imide groups is 1. The van der Waals surface area contributed by atoms with E-state index < -0.39 is 23.4 Å². The fraction of sp³-hybridized carbons (Fsp3) is 0.250. The SMILES string of the molecule is CC(C)c1ccc(N2C(=O)c3cc4c(cc3C2=O)C(C)(O)NC4=O)cc1. The summed E-state index contributed by atoms with van der Waals surface area (Å²) < 4.78 is 0. The number of carbonyl (C=O) groups excluding carboxylic acids is 3. The predicted octanol–water partition coefficient (Wildman–Crippen LogP) is 2.52. The number of hydrogen-bond donors (Lipinski definition) is 2. The van der Waals surface area contributed by atoms with Crippen LogP contribution in [0.1, 0.15) is 68.9 Å². The molecule has 6 heteroatoms. The minimum atomic E-state index is -1.56. The lowest BCUT2D eigenvalue weighted by Crippen LogP contribution is -2.35. The molecule has 0 saturated heterocycles. The van der Waals surface area contributed by atoms with Crippen LogP contribution in [0.15, 0.2) is 36.4 Å². The Labute approximate surface area is 150 Å². The third-order valence-electron chi connectivity index (χ3n) is 4.97. The van der Waals surface area contributed by atoms with E-state index in [1.54, 1.807) is 12.1 Å². The van der Waals surface area contributed by atoms with Crippen LogP contribution in [0.5, 0.6) is 0 Å². The van der Waals surface area contributed by atoms with E-state index >= 15 is 0 Å². The van der Waals surface area contributed by atoms with E-state index in [1.807, 2.05) is 12.1 Å². The number of amides is 3. The van der Waals surface area contributed by atoms with Gasteiger partial charge in [0.15, 0.2) is 5.72 Å². The van der Waals surface area contributed by atoms with Crippen molar-refractivity contribution in [2.75, 3.05) is 4.90 Å². The Morgan fingerprint density at radius 1 is 0.962 bits per heavy atom. The van der Waals surface area contributed by atoms with Gasteiger partial charge in [-0.25, -0.2) is 4.90 Å². The Balaban J connectivity index is 1.79. The lowest BCUT2D eigenvalue weighted by molar-refractivity contribution is 0.0301. The van der Waals surface area contributed by atoms with Gasteiger partial charge < -0.3 is 10.4 Å². The topological polar surface area (TPSA) is 86.7 Å². The summed E-state index contributed by atoms with van der Waals surface area (Å²) >= 11 is 0. The molecule has 2 heterocycles. The zero-order chi connectivity index (χ0) is 18.8. The van der Waals surface area contributed by atoms with Crippen molar-refractivity contribution in [2.24, 2.45) is 0 Å². The first-order valence-corrected chi connectivity index (χ1v) is 8.43. The molecule has 0 aliphatic carbocycles. The van der Waals surface area contributed by atoms with Crippen molar-refractivity contribution in [3.8, 4) is 0 Å². The van der Waals surface area contributed by atoms with E-state index in [2.05, 4.69) is 19.2 Å². The van der Waals surface area contributed by atoms with E-state index in [-0.39, 0.29) is 16.7 Å². The maximum atomic E-state index is 12.8. The molecule has 0 fully saturated rings. The zero-order valence-corrected chi connectivity index (χ0v) is 14.7. The van der Waals surface area contributed by atoms with Gasteiger partial charge in [0.05, 0.1) is 16.8 Å². The van der Waals surface area contributed by atoms with Crippen LogP contribution in [0.25, 0.3) is 0 Å². The molecule has 1 unspecified atom stereocenters. The standard InChI is InChI=1S/C20H18N2O4/c1-10(2)11-4-6-12(7-5-11)22-18(24)13-8-15-16(9-14(13)19(22)25)20(3,26)21-17(15)23/h4-10,26H,1-3H3,(H,21,23). The third-order valence-corrected chi connectivity index (χ3v) is 4.97. The normalized spacial score (nSPS) is 21.3. The average Bonchev–Trinajstić information content (AvgIpc) is 2.97. The average molecular weight is 350 g/mol. The van der Waals surface area contributed by atoms with Gasteiger partial charge in [-0.2, -0.15) is 0 Å². The molecule has 0 radical (unpaired) electrons. The van der Waals surface area contributed by atoms with Crippen molar-refractivity contribution in [1.82, 2.24) is 5.32 Å². The van der Waals surface area contributed by atoms with Gasteiger partial charge in [0.25, 0.3) is 17.7 Å². The van der Waals surface area contributed by atoms with Gasteiger partial charge in [0.1, 0.15) is 0 Å². The third kappa shape index (κ3) is 2.19. The number of benzene rings is 2. The second-order valence-electron chi connectivity index (χ2n) is 7.16. The smallest absolute Gasteiger partial charge is 0.266 e. The number of fused-ring (bicyclic) bond motifs is 2. The van der Waals surface area contributed by atoms with Crippen LogP contribution in [-0.2, 0) is 5.72 Å². The van der Waals surface area contributed by atoms with Gasteiger partial charge in [-0.15, -0.1) is 0 Å². The summed E-state index contributed by atoms with van der Waals surface area (Å²) in [5.74, 6) is -1.05. The summed E-state index contributed by atoms with van der Waals surface area (Å²) in [4.78, 5) is 38.8. The molecule has 2 aliphatic rings. The molecule has 2 aromatic carbocycles. The fourth-order valence-corrected chi connectivity index (χ4v) is 3.48. The predicted molar refractivity (Wildman–Crippen MR) is 95.2 cm³/mol. The minimum absolute atomic E-state index is 0.175. The molecule has 2 aromatic rings. The molecule has 6 nitrogen and oxygen atoms in total. The van der Waals surface area contributed by atoms with E-state index in [9.17, 15) is 19.5 Å². The Hall–Kier alpha value is -2.99. The molecule has 0 bridgehead atoms.